The molecule has 0 saturated carbocycles. The first kappa shape index (κ1) is 14.2. The molecule has 0 saturated heterocycles. The summed E-state index contributed by atoms with van der Waals surface area (Å²) in [6, 6.07) is 3.44. The van der Waals surface area contributed by atoms with E-state index in [0.29, 0.717) is 16.2 Å². The van der Waals surface area contributed by atoms with Crippen molar-refractivity contribution in [1.29, 1.82) is 0 Å². The van der Waals surface area contributed by atoms with E-state index in [1.807, 2.05) is 0 Å². The van der Waals surface area contributed by atoms with Crippen molar-refractivity contribution in [2.24, 2.45) is 0 Å². The monoisotopic (exact) mass is 321 g/mol. The highest BCUT2D eigenvalue weighted by Gasteiger charge is 2.12. The molecule has 0 bridgehead atoms. The molecule has 0 spiro atoms. The lowest BCUT2D eigenvalue weighted by Crippen LogP contribution is -2.08. The number of nitro groups is 1. The van der Waals surface area contributed by atoms with Crippen LogP contribution in [-0.2, 0) is 5.75 Å². The SMILES string of the molecule is O=c1[nH]c(SCc2ccc([N+](=O)[O-])cc2F)nc2[nH]ncc12. The Bertz CT molecular complexity index is 923. The average Bonchev–Trinajstić information content (AvgIpc) is 2.94. The van der Waals surface area contributed by atoms with Crippen LogP contribution < -0.4 is 5.56 Å². The number of nitrogens with one attached hydrogen (secondary N) is 2. The molecule has 0 unspecified atom stereocenters. The van der Waals surface area contributed by atoms with Gasteiger partial charge in [0.15, 0.2) is 10.8 Å². The van der Waals surface area contributed by atoms with Crippen molar-refractivity contribution in [1.82, 2.24) is 20.2 Å². The molecule has 0 atom stereocenters. The second-order valence-corrected chi connectivity index (χ2v) is 5.29. The number of halogens is 1. The molecule has 2 heterocycles. The zero-order valence-corrected chi connectivity index (χ0v) is 11.7. The number of hydrogen-bond donors (Lipinski definition) is 2. The van der Waals surface area contributed by atoms with Crippen molar-refractivity contribution in [3.63, 3.8) is 0 Å². The van der Waals surface area contributed by atoms with E-state index in [0.717, 1.165) is 17.8 Å². The molecular weight excluding hydrogens is 313 g/mol. The van der Waals surface area contributed by atoms with E-state index in [2.05, 4.69) is 20.2 Å². The van der Waals surface area contributed by atoms with E-state index in [9.17, 15) is 19.3 Å². The minimum atomic E-state index is -0.674. The number of benzene rings is 1. The summed E-state index contributed by atoms with van der Waals surface area (Å²) in [5.41, 5.74) is -0.0274. The molecule has 112 valence electrons. The first-order valence-electron chi connectivity index (χ1n) is 6.03. The van der Waals surface area contributed by atoms with Gasteiger partial charge in [0.1, 0.15) is 11.2 Å². The molecule has 0 radical (unpaired) electrons. The number of hydrogen-bond acceptors (Lipinski definition) is 6. The van der Waals surface area contributed by atoms with Crippen LogP contribution in [0.15, 0.2) is 34.3 Å². The number of fused-ring (bicyclic) bond motifs is 1. The average molecular weight is 321 g/mol. The predicted molar refractivity (Wildman–Crippen MR) is 77.1 cm³/mol. The Hall–Kier alpha value is -2.75. The molecule has 2 N–H and O–H groups in total. The molecule has 10 heteroatoms. The van der Waals surface area contributed by atoms with Gasteiger partial charge in [-0.25, -0.2) is 9.37 Å². The Balaban J connectivity index is 1.82. The Morgan fingerprint density at radius 1 is 1.41 bits per heavy atom. The third-order valence-electron chi connectivity index (χ3n) is 2.91. The van der Waals surface area contributed by atoms with Gasteiger partial charge < -0.3 is 4.98 Å². The lowest BCUT2D eigenvalue weighted by atomic mass is 10.2. The number of H-pyrrole nitrogens is 2. The van der Waals surface area contributed by atoms with Gasteiger partial charge in [0.25, 0.3) is 11.2 Å². The molecule has 0 aliphatic heterocycles. The van der Waals surface area contributed by atoms with Crippen LogP contribution in [0.2, 0.25) is 0 Å². The number of nitro benzene ring substituents is 1. The Labute approximate surface area is 125 Å². The smallest absolute Gasteiger partial charge is 0.272 e. The molecule has 0 aliphatic carbocycles. The first-order chi connectivity index (χ1) is 10.5. The van der Waals surface area contributed by atoms with Crippen molar-refractivity contribution < 1.29 is 9.31 Å². The highest BCUT2D eigenvalue weighted by molar-refractivity contribution is 7.98. The minimum absolute atomic E-state index is 0.173. The maximum atomic E-state index is 13.8. The highest BCUT2D eigenvalue weighted by atomic mass is 32.2. The maximum Gasteiger partial charge on any atom is 0.272 e. The summed E-state index contributed by atoms with van der Waals surface area (Å²) in [6.07, 6.45) is 1.37. The molecule has 0 fully saturated rings. The van der Waals surface area contributed by atoms with Crippen LogP contribution in [0.5, 0.6) is 0 Å². The van der Waals surface area contributed by atoms with Crippen molar-refractivity contribution in [2.75, 3.05) is 0 Å². The lowest BCUT2D eigenvalue weighted by molar-refractivity contribution is -0.385. The number of nitrogens with zero attached hydrogens (tertiary/aromatic N) is 3. The fraction of sp³-hybridized carbons (Fsp3) is 0.0833. The van der Waals surface area contributed by atoms with E-state index < -0.39 is 10.7 Å². The standard InChI is InChI=1S/C12H8FN5O3S/c13-9-3-7(18(20)21)2-1-6(9)5-22-12-15-10-8(4-14-17-10)11(19)16-12/h1-4H,5H2,(H2,14,15,16,17,19). The molecule has 0 amide bonds. The van der Waals surface area contributed by atoms with Gasteiger partial charge in [0.2, 0.25) is 0 Å². The Morgan fingerprint density at radius 2 is 2.23 bits per heavy atom. The Kier molecular flexibility index (Phi) is 3.59. The molecule has 0 aliphatic rings. The quantitative estimate of drug-likeness (QED) is 0.328. The third-order valence-corrected chi connectivity index (χ3v) is 3.83. The molecule has 8 nitrogen and oxygen atoms in total. The summed E-state index contributed by atoms with van der Waals surface area (Å²) in [5, 5.41) is 17.5. The molecule has 1 aromatic carbocycles. The van der Waals surface area contributed by atoms with Gasteiger partial charge in [-0.1, -0.05) is 11.8 Å². The van der Waals surface area contributed by atoms with E-state index in [4.69, 9.17) is 0 Å². The van der Waals surface area contributed by atoms with Crippen LogP contribution in [0.3, 0.4) is 0 Å². The van der Waals surface area contributed by atoms with Gasteiger partial charge in [-0.2, -0.15) is 5.10 Å². The van der Waals surface area contributed by atoms with Gasteiger partial charge >= 0.3 is 0 Å². The van der Waals surface area contributed by atoms with E-state index in [1.54, 1.807) is 0 Å². The summed E-state index contributed by atoms with van der Waals surface area (Å²) in [4.78, 5) is 28.3. The lowest BCUT2D eigenvalue weighted by Gasteiger charge is -2.03. The Morgan fingerprint density at radius 3 is 2.95 bits per heavy atom. The normalized spacial score (nSPS) is 11.0. The van der Waals surface area contributed by atoms with Gasteiger partial charge in [-0.05, 0) is 11.6 Å². The fourth-order valence-corrected chi connectivity index (χ4v) is 2.65. The van der Waals surface area contributed by atoms with Crippen LogP contribution in [0.4, 0.5) is 10.1 Å². The summed E-state index contributed by atoms with van der Waals surface area (Å²) in [5.74, 6) is -0.501. The van der Waals surface area contributed by atoms with Gasteiger partial charge in [0.05, 0.1) is 17.2 Å². The topological polar surface area (TPSA) is 118 Å². The molecule has 3 rings (SSSR count). The minimum Gasteiger partial charge on any atom is -0.301 e. The summed E-state index contributed by atoms with van der Waals surface area (Å²) >= 11 is 1.11. The van der Waals surface area contributed by atoms with Crippen LogP contribution >= 0.6 is 11.8 Å². The predicted octanol–water partition coefficient (Wildman–Crippen LogP) is 1.99. The van der Waals surface area contributed by atoms with Crippen LogP contribution in [-0.4, -0.2) is 25.1 Å². The fourth-order valence-electron chi connectivity index (χ4n) is 1.81. The first-order valence-corrected chi connectivity index (χ1v) is 7.02. The largest absolute Gasteiger partial charge is 0.301 e. The van der Waals surface area contributed by atoms with Gasteiger partial charge in [0, 0.05) is 11.8 Å². The summed E-state index contributed by atoms with van der Waals surface area (Å²) in [6.45, 7) is 0. The second kappa shape index (κ2) is 5.56. The van der Waals surface area contributed by atoms with E-state index >= 15 is 0 Å². The zero-order chi connectivity index (χ0) is 15.7. The molecule has 22 heavy (non-hydrogen) atoms. The number of thioether (sulfide) groups is 1. The van der Waals surface area contributed by atoms with Crippen molar-refractivity contribution in [3.8, 4) is 0 Å². The van der Waals surface area contributed by atoms with Crippen molar-refractivity contribution in [2.45, 2.75) is 10.9 Å². The van der Waals surface area contributed by atoms with Crippen LogP contribution in [0, 0.1) is 15.9 Å². The maximum absolute atomic E-state index is 13.8. The van der Waals surface area contributed by atoms with Crippen LogP contribution in [0.1, 0.15) is 5.56 Å². The van der Waals surface area contributed by atoms with E-state index in [-0.39, 0.29) is 22.6 Å². The highest BCUT2D eigenvalue weighted by Crippen LogP contribution is 2.23. The second-order valence-electron chi connectivity index (χ2n) is 4.32. The number of non-ortho nitro benzene ring substituents is 1. The number of rotatable bonds is 4. The number of aromatic nitrogens is 4. The summed E-state index contributed by atoms with van der Waals surface area (Å²) in [7, 11) is 0. The van der Waals surface area contributed by atoms with Gasteiger partial charge in [-0.3, -0.25) is 20.0 Å². The molecule has 3 aromatic rings. The van der Waals surface area contributed by atoms with Gasteiger partial charge in [-0.15, -0.1) is 0 Å². The summed E-state index contributed by atoms with van der Waals surface area (Å²) < 4.78 is 13.8. The zero-order valence-electron chi connectivity index (χ0n) is 10.9. The van der Waals surface area contributed by atoms with Crippen LogP contribution in [0.25, 0.3) is 11.0 Å². The molecule has 2 aromatic heterocycles. The number of aromatic amines is 2. The third kappa shape index (κ3) is 2.68. The van der Waals surface area contributed by atoms with E-state index in [1.165, 1.54) is 18.3 Å². The van der Waals surface area contributed by atoms with Crippen molar-refractivity contribution >= 4 is 28.5 Å². The molecular formula is C12H8FN5O3S. The van der Waals surface area contributed by atoms with Crippen molar-refractivity contribution in [3.05, 3.63) is 56.2 Å².